The first-order chi connectivity index (χ1) is 12.3. The summed E-state index contributed by atoms with van der Waals surface area (Å²) in [6.07, 6.45) is 7.76. The molecule has 5 rings (SSSR count). The molecule has 1 saturated heterocycles. The van der Waals surface area contributed by atoms with Crippen LogP contribution in [0.2, 0.25) is 0 Å². The summed E-state index contributed by atoms with van der Waals surface area (Å²) >= 11 is 0. The zero-order valence-corrected chi connectivity index (χ0v) is 15.0. The molecule has 0 N–H and O–H groups in total. The monoisotopic (exact) mass is 331 g/mol. The zero-order chi connectivity index (χ0) is 16.8. The number of ether oxygens (including phenoxy) is 1. The Morgan fingerprint density at radius 3 is 2.44 bits per heavy atom. The molecule has 3 aliphatic rings. The summed E-state index contributed by atoms with van der Waals surface area (Å²) in [6, 6.07) is 13.5. The topological polar surface area (TPSA) is 12.5 Å². The van der Waals surface area contributed by atoms with Gasteiger partial charge in [-0.1, -0.05) is 17.7 Å². The summed E-state index contributed by atoms with van der Waals surface area (Å²) < 4.78 is 6.39. The van der Waals surface area contributed by atoms with Crippen molar-refractivity contribution < 1.29 is 4.74 Å². The molecule has 0 amide bonds. The van der Waals surface area contributed by atoms with Crippen molar-refractivity contribution in [2.24, 2.45) is 0 Å². The van der Waals surface area contributed by atoms with Crippen LogP contribution >= 0.6 is 0 Å². The summed E-state index contributed by atoms with van der Waals surface area (Å²) in [4.78, 5) is 2.47. The highest BCUT2D eigenvalue weighted by atomic mass is 16.5. The fourth-order valence-corrected chi connectivity index (χ4v) is 4.57. The first-order valence-electron chi connectivity index (χ1n) is 9.70. The van der Waals surface area contributed by atoms with E-state index in [0.29, 0.717) is 0 Å². The third kappa shape index (κ3) is 2.55. The molecule has 2 aromatic rings. The smallest absolute Gasteiger partial charge is 0.137 e. The van der Waals surface area contributed by atoms with E-state index in [9.17, 15) is 0 Å². The maximum Gasteiger partial charge on any atom is 0.137 e. The third-order valence-electron chi connectivity index (χ3n) is 6.06. The van der Waals surface area contributed by atoms with Crippen molar-refractivity contribution in [2.75, 3.05) is 18.0 Å². The molecule has 2 heteroatoms. The fourth-order valence-electron chi connectivity index (χ4n) is 4.57. The number of anilines is 1. The quantitative estimate of drug-likeness (QED) is 0.771. The number of nitrogens with zero attached hydrogens (tertiary/aromatic N) is 1. The summed E-state index contributed by atoms with van der Waals surface area (Å²) in [5.41, 5.74) is 5.46. The van der Waals surface area contributed by atoms with Crippen LogP contribution in [0.25, 0.3) is 11.1 Å². The molecule has 0 unspecified atom stereocenters. The number of hydrogen-bond donors (Lipinski definition) is 0. The zero-order valence-electron chi connectivity index (χ0n) is 15.0. The summed E-state index contributed by atoms with van der Waals surface area (Å²) in [5.74, 6) is 2.04. The van der Waals surface area contributed by atoms with Gasteiger partial charge in [-0.05, 0) is 74.4 Å². The minimum atomic E-state index is 1.02. The second-order valence-corrected chi connectivity index (χ2v) is 7.62. The highest BCUT2D eigenvalue weighted by Crippen LogP contribution is 2.36. The van der Waals surface area contributed by atoms with E-state index in [-0.39, 0.29) is 0 Å². The highest BCUT2D eigenvalue weighted by Gasteiger charge is 2.19. The van der Waals surface area contributed by atoms with Gasteiger partial charge < -0.3 is 9.64 Å². The Morgan fingerprint density at radius 1 is 0.840 bits per heavy atom. The molecule has 0 bridgehead atoms. The summed E-state index contributed by atoms with van der Waals surface area (Å²) in [5, 5.41) is 2.62. The fraction of sp³-hybridized carbons (Fsp3) is 0.391. The van der Waals surface area contributed by atoms with Gasteiger partial charge in [-0.15, -0.1) is 0 Å². The minimum Gasteiger partial charge on any atom is -0.456 e. The first-order valence-corrected chi connectivity index (χ1v) is 9.70. The number of benzene rings is 2. The normalized spacial score (nSPS) is 19.0. The molecule has 25 heavy (non-hydrogen) atoms. The van der Waals surface area contributed by atoms with E-state index in [1.807, 2.05) is 0 Å². The predicted octanol–water partition coefficient (Wildman–Crippen LogP) is 4.34. The largest absolute Gasteiger partial charge is 0.456 e. The molecule has 0 spiro atoms. The van der Waals surface area contributed by atoms with E-state index in [2.05, 4.69) is 48.2 Å². The second kappa shape index (κ2) is 5.94. The highest BCUT2D eigenvalue weighted by molar-refractivity contribution is 5.75. The molecule has 0 atom stereocenters. The van der Waals surface area contributed by atoms with Crippen LogP contribution in [0.4, 0.5) is 5.69 Å². The standard InChI is InChI=1S/C23H25NO/c1-16-20-10-8-18(17-6-2-3-7-17)14-22(20)25-23-15-19(9-11-21(16)23)24-12-4-5-13-24/h8-11,14-15H,2-7,12-13H2,1H3. The molecule has 2 fully saturated rings. The lowest BCUT2D eigenvalue weighted by molar-refractivity contribution is 0.471. The maximum absolute atomic E-state index is 6.39. The van der Waals surface area contributed by atoms with Gasteiger partial charge in [0.05, 0.1) is 0 Å². The average molecular weight is 331 g/mol. The Morgan fingerprint density at radius 2 is 1.64 bits per heavy atom. The average Bonchev–Trinajstić information content (AvgIpc) is 3.35. The maximum atomic E-state index is 6.39. The van der Waals surface area contributed by atoms with Crippen molar-refractivity contribution in [3.8, 4) is 11.5 Å². The van der Waals surface area contributed by atoms with E-state index in [1.165, 1.54) is 78.9 Å². The van der Waals surface area contributed by atoms with Crippen molar-refractivity contribution >= 4 is 16.8 Å². The van der Waals surface area contributed by atoms with Crippen LogP contribution in [-0.2, 0) is 0 Å². The lowest BCUT2D eigenvalue weighted by Gasteiger charge is -2.23. The molecule has 2 aliphatic heterocycles. The van der Waals surface area contributed by atoms with Crippen LogP contribution in [0.3, 0.4) is 0 Å². The Bertz CT molecular complexity index is 943. The Labute approximate surface area is 149 Å². The van der Waals surface area contributed by atoms with Gasteiger partial charge >= 0.3 is 0 Å². The van der Waals surface area contributed by atoms with Gasteiger partial charge in [0.25, 0.3) is 0 Å². The summed E-state index contributed by atoms with van der Waals surface area (Å²) in [7, 11) is 0. The van der Waals surface area contributed by atoms with Crippen LogP contribution in [-0.4, -0.2) is 13.1 Å². The van der Waals surface area contributed by atoms with E-state index in [1.54, 1.807) is 5.57 Å². The molecular weight excluding hydrogens is 306 g/mol. The molecule has 1 saturated carbocycles. The van der Waals surface area contributed by atoms with Crippen molar-refractivity contribution in [3.63, 3.8) is 0 Å². The van der Waals surface area contributed by atoms with E-state index >= 15 is 0 Å². The van der Waals surface area contributed by atoms with Gasteiger partial charge in [0.1, 0.15) is 11.5 Å². The second-order valence-electron chi connectivity index (χ2n) is 7.62. The molecule has 0 radical (unpaired) electrons. The number of rotatable bonds is 1. The lowest BCUT2D eigenvalue weighted by atomic mass is 9.99. The molecule has 2 nitrogen and oxygen atoms in total. The van der Waals surface area contributed by atoms with E-state index < -0.39 is 0 Å². The van der Waals surface area contributed by atoms with Crippen molar-refractivity contribution in [2.45, 2.75) is 45.4 Å². The van der Waals surface area contributed by atoms with Gasteiger partial charge in [-0.2, -0.15) is 0 Å². The molecule has 0 aromatic heterocycles. The van der Waals surface area contributed by atoms with Crippen molar-refractivity contribution in [3.05, 3.63) is 52.4 Å². The van der Waals surface area contributed by atoms with Crippen molar-refractivity contribution in [1.82, 2.24) is 0 Å². The van der Waals surface area contributed by atoms with Gasteiger partial charge in [0.2, 0.25) is 0 Å². The van der Waals surface area contributed by atoms with Crippen LogP contribution in [0.5, 0.6) is 11.5 Å². The van der Waals surface area contributed by atoms with Gasteiger partial charge in [-0.25, -0.2) is 0 Å². The number of fused-ring (bicyclic) bond motifs is 2. The predicted molar refractivity (Wildman–Crippen MR) is 104 cm³/mol. The molecule has 2 aromatic carbocycles. The number of hydrogen-bond acceptors (Lipinski definition) is 2. The van der Waals surface area contributed by atoms with Gasteiger partial charge in [-0.3, -0.25) is 0 Å². The Balaban J connectivity index is 1.61. The van der Waals surface area contributed by atoms with E-state index in [4.69, 9.17) is 4.74 Å². The lowest BCUT2D eigenvalue weighted by Crippen LogP contribution is -2.20. The minimum absolute atomic E-state index is 1.02. The van der Waals surface area contributed by atoms with Crippen LogP contribution in [0.15, 0.2) is 36.4 Å². The van der Waals surface area contributed by atoms with Gasteiger partial charge in [0, 0.05) is 35.6 Å². The van der Waals surface area contributed by atoms with Crippen LogP contribution in [0.1, 0.15) is 51.0 Å². The molecule has 128 valence electrons. The molecular formula is C23H25NO. The SMILES string of the molecule is CC1=c2ccc(=C3CCCC3)cc2Oc2cc(N3CCCC3)ccc21. The van der Waals surface area contributed by atoms with Gasteiger partial charge in [0.15, 0.2) is 0 Å². The molecule has 2 heterocycles. The van der Waals surface area contributed by atoms with E-state index in [0.717, 1.165) is 11.5 Å². The third-order valence-corrected chi connectivity index (χ3v) is 6.06. The molecule has 1 aliphatic carbocycles. The van der Waals surface area contributed by atoms with Crippen LogP contribution < -0.4 is 20.1 Å². The first kappa shape index (κ1) is 15.1. The Kier molecular flexibility index (Phi) is 3.58. The van der Waals surface area contributed by atoms with Crippen LogP contribution in [0, 0.1) is 0 Å². The Hall–Kier alpha value is -2.22. The van der Waals surface area contributed by atoms with Crippen molar-refractivity contribution in [1.29, 1.82) is 0 Å². The summed E-state index contributed by atoms with van der Waals surface area (Å²) in [6.45, 7) is 4.55.